The minimum absolute atomic E-state index is 0.0572. The van der Waals surface area contributed by atoms with E-state index in [4.69, 9.17) is 5.11 Å². The van der Waals surface area contributed by atoms with Crippen molar-refractivity contribution in [3.05, 3.63) is 24.0 Å². The number of para-hydroxylation sites is 1. The second-order valence-electron chi connectivity index (χ2n) is 4.20. The van der Waals surface area contributed by atoms with Gasteiger partial charge in [0, 0.05) is 6.54 Å². The lowest BCUT2D eigenvalue weighted by Crippen LogP contribution is -2.13. The van der Waals surface area contributed by atoms with Gasteiger partial charge < -0.3 is 9.67 Å². The van der Waals surface area contributed by atoms with Crippen LogP contribution in [0, 0.1) is 5.82 Å². The first kappa shape index (κ1) is 15.6. The summed E-state index contributed by atoms with van der Waals surface area (Å²) in [7, 11) is 0. The Morgan fingerprint density at radius 1 is 1.38 bits per heavy atom. The molecule has 0 aliphatic rings. The van der Waals surface area contributed by atoms with Gasteiger partial charge in [0.05, 0.1) is 17.7 Å². The van der Waals surface area contributed by atoms with Gasteiger partial charge in [-0.2, -0.15) is 13.2 Å². The molecule has 0 bridgehead atoms. The molecule has 0 aliphatic heterocycles. The Kier molecular flexibility index (Phi) is 4.40. The molecular weight excluding hydrogens is 312 g/mol. The Balaban J connectivity index is 2.39. The Morgan fingerprint density at radius 3 is 2.71 bits per heavy atom. The molecule has 0 saturated heterocycles. The molecule has 9 heteroatoms. The summed E-state index contributed by atoms with van der Waals surface area (Å²) in [6, 6.07) is 3.97. The first-order chi connectivity index (χ1) is 9.78. The van der Waals surface area contributed by atoms with Crippen LogP contribution in [-0.4, -0.2) is 32.6 Å². The average Bonchev–Trinajstić information content (AvgIpc) is 2.72. The van der Waals surface area contributed by atoms with Gasteiger partial charge in [-0.1, -0.05) is 17.8 Å². The van der Waals surface area contributed by atoms with Crippen LogP contribution in [0.5, 0.6) is 0 Å². The Bertz CT molecular complexity index is 669. The molecule has 2 rings (SSSR count). The van der Waals surface area contributed by atoms with Gasteiger partial charge in [-0.3, -0.25) is 4.79 Å². The number of aryl methyl sites for hydroxylation is 1. The number of aliphatic carboxylic acids is 1. The fraction of sp³-hybridized carbons (Fsp3) is 0.333. The molecule has 4 nitrogen and oxygen atoms in total. The normalized spacial score (nSPS) is 12.0. The summed E-state index contributed by atoms with van der Waals surface area (Å²) in [6.45, 7) is -0.439. The Hall–Kier alpha value is -1.77. The van der Waals surface area contributed by atoms with Crippen LogP contribution in [-0.2, 0) is 11.3 Å². The van der Waals surface area contributed by atoms with Crippen LogP contribution in [0.4, 0.5) is 17.6 Å². The predicted octanol–water partition coefficient (Wildman–Crippen LogP) is 3.30. The number of aromatic nitrogens is 2. The third-order valence-electron chi connectivity index (χ3n) is 2.64. The molecule has 1 aromatic carbocycles. The largest absolute Gasteiger partial charge is 0.481 e. The van der Waals surface area contributed by atoms with Crippen molar-refractivity contribution in [1.82, 2.24) is 9.55 Å². The van der Waals surface area contributed by atoms with E-state index < -0.39 is 30.9 Å². The van der Waals surface area contributed by atoms with Gasteiger partial charge in [0.25, 0.3) is 0 Å². The summed E-state index contributed by atoms with van der Waals surface area (Å²) >= 11 is 0.758. The van der Waals surface area contributed by atoms with Crippen LogP contribution in [0.25, 0.3) is 11.0 Å². The second kappa shape index (κ2) is 5.92. The zero-order chi connectivity index (χ0) is 15.6. The summed E-state index contributed by atoms with van der Waals surface area (Å²) in [5, 5.41) is 8.70. The number of alkyl halides is 3. The maximum atomic E-state index is 13.6. The highest BCUT2D eigenvalue weighted by atomic mass is 32.2. The quantitative estimate of drug-likeness (QED) is 0.678. The van der Waals surface area contributed by atoms with Crippen LogP contribution in [0.3, 0.4) is 0 Å². The number of hydrogen-bond acceptors (Lipinski definition) is 3. The van der Waals surface area contributed by atoms with Gasteiger partial charge in [0.1, 0.15) is 5.52 Å². The number of fused-ring (bicyclic) bond motifs is 1. The number of nitrogens with zero attached hydrogens (tertiary/aromatic N) is 2. The number of carboxylic acids is 1. The number of thioether (sulfide) groups is 1. The van der Waals surface area contributed by atoms with Gasteiger partial charge in [-0.15, -0.1) is 0 Å². The zero-order valence-electron chi connectivity index (χ0n) is 10.5. The molecule has 0 amide bonds. The van der Waals surface area contributed by atoms with E-state index in [0.717, 1.165) is 17.8 Å². The summed E-state index contributed by atoms with van der Waals surface area (Å²) in [5.74, 6) is -2.15. The number of rotatable bonds is 5. The van der Waals surface area contributed by atoms with Crippen LogP contribution in [0.15, 0.2) is 23.4 Å². The van der Waals surface area contributed by atoms with Gasteiger partial charge in [0.15, 0.2) is 11.0 Å². The lowest BCUT2D eigenvalue weighted by Gasteiger charge is -2.10. The Labute approximate surface area is 120 Å². The lowest BCUT2D eigenvalue weighted by molar-refractivity contribution is -0.137. The van der Waals surface area contributed by atoms with Crippen molar-refractivity contribution < 1.29 is 27.5 Å². The fourth-order valence-corrected chi connectivity index (χ4v) is 2.54. The number of halogens is 4. The van der Waals surface area contributed by atoms with Crippen molar-refractivity contribution in [3.63, 3.8) is 0 Å². The summed E-state index contributed by atoms with van der Waals surface area (Å²) in [6.07, 6.45) is -5.46. The van der Waals surface area contributed by atoms with E-state index in [-0.39, 0.29) is 21.9 Å². The molecule has 0 unspecified atom stereocenters. The van der Waals surface area contributed by atoms with Crippen molar-refractivity contribution in [2.24, 2.45) is 0 Å². The highest BCUT2D eigenvalue weighted by Gasteiger charge is 2.28. The van der Waals surface area contributed by atoms with Crippen molar-refractivity contribution in [2.75, 3.05) is 5.75 Å². The zero-order valence-corrected chi connectivity index (χ0v) is 11.3. The van der Waals surface area contributed by atoms with E-state index in [1.807, 2.05) is 0 Å². The number of hydrogen-bond donors (Lipinski definition) is 1. The molecule has 0 spiro atoms. The smallest absolute Gasteiger partial charge is 0.390 e. The maximum Gasteiger partial charge on any atom is 0.390 e. The third kappa shape index (κ3) is 3.87. The molecule has 0 saturated carbocycles. The molecule has 1 heterocycles. The SMILES string of the molecule is O=C(O)CSc1nc2c(F)cccc2n1CCC(F)(F)F. The van der Waals surface area contributed by atoms with Crippen LogP contribution in [0.2, 0.25) is 0 Å². The summed E-state index contributed by atoms with van der Waals surface area (Å²) < 4.78 is 51.9. The number of imidazole rings is 1. The van der Waals surface area contributed by atoms with Crippen LogP contribution in [0.1, 0.15) is 6.42 Å². The van der Waals surface area contributed by atoms with Crippen LogP contribution < -0.4 is 0 Å². The maximum absolute atomic E-state index is 13.6. The van der Waals surface area contributed by atoms with E-state index in [0.29, 0.717) is 0 Å². The predicted molar refractivity (Wildman–Crippen MR) is 68.7 cm³/mol. The molecule has 0 aliphatic carbocycles. The minimum Gasteiger partial charge on any atom is -0.481 e. The summed E-state index contributed by atoms with van der Waals surface area (Å²) in [5.41, 5.74) is 0.153. The highest BCUT2D eigenvalue weighted by molar-refractivity contribution is 7.99. The average molecular weight is 322 g/mol. The highest BCUT2D eigenvalue weighted by Crippen LogP contribution is 2.28. The molecule has 1 aromatic heterocycles. The number of benzene rings is 1. The lowest BCUT2D eigenvalue weighted by atomic mass is 10.3. The molecule has 0 fully saturated rings. The molecule has 0 atom stereocenters. The molecule has 114 valence electrons. The van der Waals surface area contributed by atoms with E-state index in [2.05, 4.69) is 4.98 Å². The monoisotopic (exact) mass is 322 g/mol. The van der Waals surface area contributed by atoms with Gasteiger partial charge in [-0.05, 0) is 12.1 Å². The van der Waals surface area contributed by atoms with Gasteiger partial charge in [-0.25, -0.2) is 9.37 Å². The minimum atomic E-state index is -4.36. The second-order valence-corrected chi connectivity index (χ2v) is 5.14. The number of carboxylic acid groups (broad SMARTS) is 1. The molecule has 0 radical (unpaired) electrons. The number of carbonyl (C=O) groups is 1. The first-order valence-electron chi connectivity index (χ1n) is 5.84. The topological polar surface area (TPSA) is 55.1 Å². The molecule has 21 heavy (non-hydrogen) atoms. The van der Waals surface area contributed by atoms with E-state index in [1.165, 1.54) is 16.7 Å². The fourth-order valence-electron chi connectivity index (χ4n) is 1.78. The van der Waals surface area contributed by atoms with Crippen molar-refractivity contribution in [1.29, 1.82) is 0 Å². The van der Waals surface area contributed by atoms with Crippen molar-refractivity contribution in [3.8, 4) is 0 Å². The summed E-state index contributed by atoms with van der Waals surface area (Å²) in [4.78, 5) is 14.5. The van der Waals surface area contributed by atoms with Crippen LogP contribution >= 0.6 is 11.8 Å². The van der Waals surface area contributed by atoms with E-state index in [9.17, 15) is 22.4 Å². The molecular formula is C12H10F4N2O2S. The van der Waals surface area contributed by atoms with E-state index in [1.54, 1.807) is 0 Å². The van der Waals surface area contributed by atoms with Gasteiger partial charge in [0.2, 0.25) is 0 Å². The molecule has 1 N–H and O–H groups in total. The first-order valence-corrected chi connectivity index (χ1v) is 6.82. The standard InChI is InChI=1S/C12H10F4N2O2S/c13-7-2-1-3-8-10(7)17-11(21-6-9(19)20)18(8)5-4-12(14,15)16/h1-3H,4-6H2,(H,19,20). The molecule has 2 aromatic rings. The van der Waals surface area contributed by atoms with Gasteiger partial charge >= 0.3 is 12.1 Å². The van der Waals surface area contributed by atoms with Crippen molar-refractivity contribution >= 4 is 28.8 Å². The Morgan fingerprint density at radius 2 is 2.10 bits per heavy atom. The van der Waals surface area contributed by atoms with E-state index >= 15 is 0 Å². The van der Waals surface area contributed by atoms with Crippen molar-refractivity contribution in [2.45, 2.75) is 24.3 Å². The third-order valence-corrected chi connectivity index (χ3v) is 3.60.